The number of anilines is 2. The number of carbonyl (C=O) groups is 1. The summed E-state index contributed by atoms with van der Waals surface area (Å²) in [6.45, 7) is 1.48. The van der Waals surface area contributed by atoms with Crippen LogP contribution in [0.2, 0.25) is 0 Å². The summed E-state index contributed by atoms with van der Waals surface area (Å²) < 4.78 is 44.6. The lowest BCUT2D eigenvalue weighted by Crippen LogP contribution is -2.45. The van der Waals surface area contributed by atoms with Crippen LogP contribution in [0, 0.1) is 5.82 Å². The molecule has 0 saturated heterocycles. The maximum absolute atomic E-state index is 13.0. The fourth-order valence-electron chi connectivity index (χ4n) is 2.87. The molecule has 30 heavy (non-hydrogen) atoms. The second kappa shape index (κ2) is 8.96. The molecule has 6 nitrogen and oxygen atoms in total. The molecule has 8 heteroatoms. The van der Waals surface area contributed by atoms with E-state index >= 15 is 0 Å². The zero-order valence-corrected chi connectivity index (χ0v) is 17.3. The Balaban J connectivity index is 1.79. The Hall–Kier alpha value is -3.39. The Kier molecular flexibility index (Phi) is 6.37. The van der Waals surface area contributed by atoms with E-state index in [4.69, 9.17) is 4.74 Å². The van der Waals surface area contributed by atoms with Gasteiger partial charge in [-0.05, 0) is 67.6 Å². The van der Waals surface area contributed by atoms with E-state index in [2.05, 4.69) is 5.32 Å². The zero-order valence-electron chi connectivity index (χ0n) is 16.4. The van der Waals surface area contributed by atoms with Gasteiger partial charge in [-0.25, -0.2) is 12.8 Å². The molecule has 0 aromatic heterocycles. The number of halogens is 1. The number of amides is 1. The summed E-state index contributed by atoms with van der Waals surface area (Å²) in [5.41, 5.74) is 0.688. The van der Waals surface area contributed by atoms with Gasteiger partial charge in [0.05, 0.1) is 11.9 Å². The van der Waals surface area contributed by atoms with Gasteiger partial charge >= 0.3 is 0 Å². The first-order chi connectivity index (χ1) is 14.2. The Morgan fingerprint density at radius 1 is 0.933 bits per heavy atom. The molecule has 1 amide bonds. The first-order valence-electron chi connectivity index (χ1n) is 9.13. The molecular weight excluding hydrogens is 407 g/mol. The van der Waals surface area contributed by atoms with E-state index < -0.39 is 27.8 Å². The highest BCUT2D eigenvalue weighted by molar-refractivity contribution is 7.92. The van der Waals surface area contributed by atoms with Crippen LogP contribution in [0.25, 0.3) is 0 Å². The van der Waals surface area contributed by atoms with Crippen molar-refractivity contribution in [2.45, 2.75) is 13.0 Å². The van der Waals surface area contributed by atoms with E-state index in [-0.39, 0.29) is 0 Å². The van der Waals surface area contributed by atoms with Crippen molar-refractivity contribution in [1.29, 1.82) is 0 Å². The molecule has 3 rings (SSSR count). The van der Waals surface area contributed by atoms with Crippen molar-refractivity contribution in [2.24, 2.45) is 0 Å². The predicted octanol–water partition coefficient (Wildman–Crippen LogP) is 4.41. The van der Waals surface area contributed by atoms with Crippen LogP contribution in [0.15, 0.2) is 78.9 Å². The quantitative estimate of drug-likeness (QED) is 0.605. The topological polar surface area (TPSA) is 75.7 Å². The molecule has 0 spiro atoms. The van der Waals surface area contributed by atoms with Crippen LogP contribution in [0.5, 0.6) is 11.5 Å². The van der Waals surface area contributed by atoms with Crippen LogP contribution in [0.1, 0.15) is 6.92 Å². The second-order valence-electron chi connectivity index (χ2n) is 6.64. The number of nitrogens with zero attached hydrogens (tertiary/aromatic N) is 1. The van der Waals surface area contributed by atoms with Crippen molar-refractivity contribution in [3.05, 3.63) is 84.7 Å². The Morgan fingerprint density at radius 3 is 2.07 bits per heavy atom. The third-order valence-corrected chi connectivity index (χ3v) is 5.51. The summed E-state index contributed by atoms with van der Waals surface area (Å²) in [6, 6.07) is 19.8. The van der Waals surface area contributed by atoms with Crippen LogP contribution in [0.4, 0.5) is 15.8 Å². The molecule has 0 saturated carbocycles. The second-order valence-corrected chi connectivity index (χ2v) is 8.50. The van der Waals surface area contributed by atoms with Gasteiger partial charge in [0.1, 0.15) is 23.4 Å². The highest BCUT2D eigenvalue weighted by atomic mass is 32.2. The Labute approximate surface area is 175 Å². The minimum absolute atomic E-state index is 0.319. The number of nitrogens with one attached hydrogen (secondary N) is 1. The van der Waals surface area contributed by atoms with E-state index in [0.29, 0.717) is 22.9 Å². The van der Waals surface area contributed by atoms with Crippen LogP contribution >= 0.6 is 0 Å². The highest BCUT2D eigenvalue weighted by Crippen LogP contribution is 2.27. The zero-order chi connectivity index (χ0) is 21.7. The van der Waals surface area contributed by atoms with E-state index in [1.54, 1.807) is 36.4 Å². The first-order valence-corrected chi connectivity index (χ1v) is 11.0. The molecule has 1 N–H and O–H groups in total. The summed E-state index contributed by atoms with van der Waals surface area (Å²) in [6.07, 6.45) is 1.03. The maximum atomic E-state index is 13.0. The number of hydrogen-bond donors (Lipinski definition) is 1. The number of para-hydroxylation sites is 1. The monoisotopic (exact) mass is 428 g/mol. The minimum atomic E-state index is -3.76. The van der Waals surface area contributed by atoms with Gasteiger partial charge in [-0.1, -0.05) is 18.2 Å². The van der Waals surface area contributed by atoms with Crippen molar-refractivity contribution in [3.63, 3.8) is 0 Å². The van der Waals surface area contributed by atoms with Crippen LogP contribution in [-0.4, -0.2) is 26.6 Å². The molecule has 0 unspecified atom stereocenters. The predicted molar refractivity (Wildman–Crippen MR) is 115 cm³/mol. The molecule has 3 aromatic carbocycles. The summed E-state index contributed by atoms with van der Waals surface area (Å²) in [5, 5.41) is 2.60. The fourth-order valence-corrected chi connectivity index (χ4v) is 4.05. The number of sulfonamides is 1. The molecule has 3 aromatic rings. The van der Waals surface area contributed by atoms with Gasteiger partial charge < -0.3 is 10.1 Å². The average Bonchev–Trinajstić information content (AvgIpc) is 2.71. The first kappa shape index (κ1) is 21.3. The minimum Gasteiger partial charge on any atom is -0.457 e. The Morgan fingerprint density at radius 2 is 1.50 bits per heavy atom. The molecule has 0 bridgehead atoms. The molecule has 156 valence electrons. The van der Waals surface area contributed by atoms with Crippen molar-refractivity contribution in [2.75, 3.05) is 15.9 Å². The van der Waals surface area contributed by atoms with Gasteiger partial charge in [-0.15, -0.1) is 0 Å². The molecule has 0 aliphatic carbocycles. The van der Waals surface area contributed by atoms with Crippen molar-refractivity contribution < 1.29 is 22.3 Å². The lowest BCUT2D eigenvalue weighted by molar-refractivity contribution is -0.116. The third kappa shape index (κ3) is 5.36. The van der Waals surface area contributed by atoms with Gasteiger partial charge in [0.15, 0.2) is 0 Å². The smallest absolute Gasteiger partial charge is 0.247 e. The lowest BCUT2D eigenvalue weighted by atomic mass is 10.2. The van der Waals surface area contributed by atoms with E-state index in [1.165, 1.54) is 31.2 Å². The van der Waals surface area contributed by atoms with Gasteiger partial charge in [0.25, 0.3) is 0 Å². The molecule has 1 atom stereocenters. The third-order valence-electron chi connectivity index (χ3n) is 4.27. The highest BCUT2D eigenvalue weighted by Gasteiger charge is 2.29. The maximum Gasteiger partial charge on any atom is 0.247 e. The summed E-state index contributed by atoms with van der Waals surface area (Å²) >= 11 is 0. The van der Waals surface area contributed by atoms with Gasteiger partial charge in [0, 0.05) is 5.69 Å². The van der Waals surface area contributed by atoms with Crippen LogP contribution in [0.3, 0.4) is 0 Å². The van der Waals surface area contributed by atoms with Gasteiger partial charge in [-0.2, -0.15) is 0 Å². The Bertz CT molecular complexity index is 1100. The number of hydrogen-bond acceptors (Lipinski definition) is 4. The molecule has 0 fully saturated rings. The molecule has 0 aliphatic heterocycles. The summed E-state index contributed by atoms with van der Waals surface area (Å²) in [7, 11) is -3.76. The van der Waals surface area contributed by atoms with Crippen LogP contribution in [-0.2, 0) is 14.8 Å². The number of ether oxygens (including phenoxy) is 1. The van der Waals surface area contributed by atoms with Gasteiger partial charge in [0.2, 0.25) is 15.9 Å². The largest absolute Gasteiger partial charge is 0.457 e. The molecular formula is C22H21FN2O4S. The standard InChI is InChI=1S/C22H21FN2O4S/c1-16(22(26)24-18-10-8-17(23)9-11-18)25(30(2,27)28)19-12-14-21(15-13-19)29-20-6-4-3-5-7-20/h3-16H,1-2H3,(H,24,26)/t16-/m0/s1. The number of carbonyl (C=O) groups excluding carboxylic acids is 1. The van der Waals surface area contributed by atoms with Crippen molar-refractivity contribution in [3.8, 4) is 11.5 Å². The fraction of sp³-hybridized carbons (Fsp3) is 0.136. The number of rotatable bonds is 7. The molecule has 0 heterocycles. The number of benzene rings is 3. The van der Waals surface area contributed by atoms with Gasteiger partial charge in [-0.3, -0.25) is 9.10 Å². The van der Waals surface area contributed by atoms with E-state index in [9.17, 15) is 17.6 Å². The van der Waals surface area contributed by atoms with Crippen molar-refractivity contribution in [1.82, 2.24) is 0 Å². The SMILES string of the molecule is C[C@@H](C(=O)Nc1ccc(F)cc1)N(c1ccc(Oc2ccccc2)cc1)S(C)(=O)=O. The summed E-state index contributed by atoms with van der Waals surface area (Å²) in [4.78, 5) is 12.6. The normalized spacial score (nSPS) is 12.1. The van der Waals surface area contributed by atoms with E-state index in [1.807, 2.05) is 18.2 Å². The molecule has 0 radical (unpaired) electrons. The molecule has 0 aliphatic rings. The summed E-state index contributed by atoms with van der Waals surface area (Å²) in [5.74, 6) is 0.201. The van der Waals surface area contributed by atoms with Crippen molar-refractivity contribution >= 4 is 27.3 Å². The van der Waals surface area contributed by atoms with E-state index in [0.717, 1.165) is 10.6 Å². The van der Waals surface area contributed by atoms with Crippen LogP contribution < -0.4 is 14.4 Å². The lowest BCUT2D eigenvalue weighted by Gasteiger charge is -2.28. The average molecular weight is 428 g/mol.